The molecular weight excluding hydrogens is 268 g/mol. The Bertz CT molecular complexity index is 372. The topological polar surface area (TPSA) is 25.4 Å². The van der Waals surface area contributed by atoms with Crippen LogP contribution in [0.15, 0.2) is 5.38 Å². The molecule has 5 heteroatoms. The van der Waals surface area contributed by atoms with E-state index in [2.05, 4.69) is 29.1 Å². The van der Waals surface area contributed by atoms with Crippen molar-refractivity contribution >= 4 is 22.9 Å². The van der Waals surface area contributed by atoms with Gasteiger partial charge in [-0.15, -0.1) is 22.9 Å². The van der Waals surface area contributed by atoms with Crippen LogP contribution >= 0.6 is 22.9 Å². The highest BCUT2D eigenvalue weighted by atomic mass is 35.5. The summed E-state index contributed by atoms with van der Waals surface area (Å²) >= 11 is 7.49. The Kier molecular flexibility index (Phi) is 5.42. The maximum absolute atomic E-state index is 5.77. The van der Waals surface area contributed by atoms with Crippen molar-refractivity contribution in [1.29, 1.82) is 0 Å². The summed E-state index contributed by atoms with van der Waals surface area (Å²) in [5.41, 5.74) is 0.999. The Morgan fingerprint density at radius 3 is 3.11 bits per heavy atom. The van der Waals surface area contributed by atoms with Gasteiger partial charge in [-0.05, 0) is 13.3 Å². The fraction of sp³-hybridized carbons (Fsp3) is 0.769. The van der Waals surface area contributed by atoms with Gasteiger partial charge in [0, 0.05) is 30.9 Å². The summed E-state index contributed by atoms with van der Waals surface area (Å²) in [5.74, 6) is 0.517. The summed E-state index contributed by atoms with van der Waals surface area (Å²) in [5, 5.41) is 3.25. The van der Waals surface area contributed by atoms with Crippen LogP contribution in [0.2, 0.25) is 0 Å². The number of alkyl halides is 1. The van der Waals surface area contributed by atoms with Crippen LogP contribution in [0.25, 0.3) is 0 Å². The third-order valence-electron chi connectivity index (χ3n) is 3.40. The Balaban J connectivity index is 1.87. The van der Waals surface area contributed by atoms with Crippen molar-refractivity contribution in [2.45, 2.75) is 44.7 Å². The fourth-order valence-corrected chi connectivity index (χ4v) is 3.34. The number of hydrogen-bond acceptors (Lipinski definition) is 4. The number of morpholine rings is 1. The molecule has 2 rings (SSSR count). The van der Waals surface area contributed by atoms with E-state index in [1.807, 2.05) is 0 Å². The predicted molar refractivity (Wildman–Crippen MR) is 76.4 cm³/mol. The molecule has 1 aromatic heterocycles. The van der Waals surface area contributed by atoms with Gasteiger partial charge in [-0.3, -0.25) is 4.90 Å². The molecule has 0 bridgehead atoms. The smallest absolute Gasteiger partial charge is 0.0941 e. The minimum Gasteiger partial charge on any atom is -0.376 e. The molecule has 0 amide bonds. The third kappa shape index (κ3) is 3.67. The maximum Gasteiger partial charge on any atom is 0.0941 e. The highest BCUT2D eigenvalue weighted by molar-refractivity contribution is 7.09. The first-order valence-electron chi connectivity index (χ1n) is 6.57. The molecule has 2 atom stereocenters. The normalized spacial score (nSPS) is 25.5. The second kappa shape index (κ2) is 6.85. The summed E-state index contributed by atoms with van der Waals surface area (Å²) in [6.45, 7) is 7.34. The van der Waals surface area contributed by atoms with Gasteiger partial charge < -0.3 is 4.74 Å². The van der Waals surface area contributed by atoms with Gasteiger partial charge in [0.2, 0.25) is 0 Å². The molecule has 0 saturated carbocycles. The minimum absolute atomic E-state index is 0.350. The lowest BCUT2D eigenvalue weighted by molar-refractivity contribution is -0.0552. The van der Waals surface area contributed by atoms with Crippen LogP contribution in [-0.4, -0.2) is 41.7 Å². The van der Waals surface area contributed by atoms with E-state index >= 15 is 0 Å². The first-order valence-corrected chi connectivity index (χ1v) is 7.99. The molecule has 1 saturated heterocycles. The van der Waals surface area contributed by atoms with Crippen molar-refractivity contribution in [1.82, 2.24) is 9.88 Å². The zero-order valence-electron chi connectivity index (χ0n) is 11.1. The van der Waals surface area contributed by atoms with Crippen LogP contribution in [0.5, 0.6) is 0 Å². The number of thiazole rings is 1. The van der Waals surface area contributed by atoms with E-state index in [1.54, 1.807) is 11.3 Å². The number of halogens is 1. The molecule has 0 N–H and O–H groups in total. The number of rotatable bonds is 5. The zero-order chi connectivity index (χ0) is 13.0. The molecule has 3 nitrogen and oxygen atoms in total. The summed E-state index contributed by atoms with van der Waals surface area (Å²) < 4.78 is 5.71. The molecule has 0 aromatic carbocycles. The first kappa shape index (κ1) is 14.3. The second-order valence-corrected chi connectivity index (χ2v) is 6.03. The highest BCUT2D eigenvalue weighted by Crippen LogP contribution is 2.17. The standard InChI is InChI=1S/C13H21ClN2OS/c1-3-12-8-17-10(2)7-16(12)5-4-13-15-11(6-14)9-18-13/h9-10,12H,3-8H2,1-2H3. The van der Waals surface area contributed by atoms with Crippen LogP contribution in [0.3, 0.4) is 0 Å². The summed E-state index contributed by atoms with van der Waals surface area (Å²) in [4.78, 5) is 7.05. The van der Waals surface area contributed by atoms with Crippen LogP contribution in [-0.2, 0) is 17.0 Å². The molecular formula is C13H21ClN2OS. The number of ether oxygens (including phenoxy) is 1. The van der Waals surface area contributed by atoms with E-state index < -0.39 is 0 Å². The SMILES string of the molecule is CCC1COC(C)CN1CCc1nc(CCl)cs1. The maximum atomic E-state index is 5.77. The lowest BCUT2D eigenvalue weighted by Crippen LogP contribution is -2.49. The molecule has 1 aliphatic heterocycles. The summed E-state index contributed by atoms with van der Waals surface area (Å²) in [7, 11) is 0. The average molecular weight is 289 g/mol. The molecule has 0 spiro atoms. The quantitative estimate of drug-likeness (QED) is 0.779. The van der Waals surface area contributed by atoms with Gasteiger partial charge in [-0.1, -0.05) is 6.92 Å². The van der Waals surface area contributed by atoms with E-state index in [0.29, 0.717) is 18.0 Å². The van der Waals surface area contributed by atoms with Gasteiger partial charge in [0.25, 0.3) is 0 Å². The third-order valence-corrected chi connectivity index (χ3v) is 4.63. The van der Waals surface area contributed by atoms with Crippen molar-refractivity contribution in [3.63, 3.8) is 0 Å². The lowest BCUT2D eigenvalue weighted by atomic mass is 10.1. The van der Waals surface area contributed by atoms with Crippen LogP contribution in [0, 0.1) is 0 Å². The molecule has 0 radical (unpaired) electrons. The molecule has 102 valence electrons. The van der Waals surface area contributed by atoms with Crippen molar-refractivity contribution in [2.24, 2.45) is 0 Å². The molecule has 0 aliphatic carbocycles. The average Bonchev–Trinajstić information content (AvgIpc) is 2.84. The van der Waals surface area contributed by atoms with E-state index in [0.717, 1.165) is 38.2 Å². The summed E-state index contributed by atoms with van der Waals surface area (Å²) in [6.07, 6.45) is 2.52. The second-order valence-electron chi connectivity index (χ2n) is 4.82. The first-order chi connectivity index (χ1) is 8.72. The van der Waals surface area contributed by atoms with Gasteiger partial charge >= 0.3 is 0 Å². The Morgan fingerprint density at radius 1 is 1.61 bits per heavy atom. The molecule has 2 unspecified atom stereocenters. The zero-order valence-corrected chi connectivity index (χ0v) is 12.6. The molecule has 2 heterocycles. The van der Waals surface area contributed by atoms with E-state index in [4.69, 9.17) is 16.3 Å². The number of nitrogens with zero attached hydrogens (tertiary/aromatic N) is 2. The van der Waals surface area contributed by atoms with Crippen molar-refractivity contribution in [3.05, 3.63) is 16.1 Å². The van der Waals surface area contributed by atoms with Gasteiger partial charge in [0.05, 0.1) is 29.3 Å². The van der Waals surface area contributed by atoms with Crippen molar-refractivity contribution < 1.29 is 4.74 Å². The van der Waals surface area contributed by atoms with E-state index in [-0.39, 0.29) is 0 Å². The molecule has 1 aromatic rings. The molecule has 18 heavy (non-hydrogen) atoms. The largest absolute Gasteiger partial charge is 0.376 e. The Labute approximate surface area is 118 Å². The van der Waals surface area contributed by atoms with Gasteiger partial charge in [-0.2, -0.15) is 0 Å². The summed E-state index contributed by atoms with van der Waals surface area (Å²) in [6, 6.07) is 0.564. The molecule has 1 fully saturated rings. The van der Waals surface area contributed by atoms with Gasteiger partial charge in [0.1, 0.15) is 0 Å². The monoisotopic (exact) mass is 288 g/mol. The van der Waals surface area contributed by atoms with Crippen LogP contribution < -0.4 is 0 Å². The number of hydrogen-bond donors (Lipinski definition) is 0. The predicted octanol–water partition coefficient (Wildman–Crippen LogP) is 2.92. The fourth-order valence-electron chi connectivity index (χ4n) is 2.33. The van der Waals surface area contributed by atoms with Crippen LogP contribution in [0.1, 0.15) is 31.0 Å². The Morgan fingerprint density at radius 2 is 2.44 bits per heavy atom. The van der Waals surface area contributed by atoms with Crippen molar-refractivity contribution in [2.75, 3.05) is 19.7 Å². The van der Waals surface area contributed by atoms with E-state index in [1.165, 1.54) is 5.01 Å². The molecule has 1 aliphatic rings. The minimum atomic E-state index is 0.350. The van der Waals surface area contributed by atoms with Crippen LogP contribution in [0.4, 0.5) is 0 Å². The Hall–Kier alpha value is -0.160. The highest BCUT2D eigenvalue weighted by Gasteiger charge is 2.25. The van der Waals surface area contributed by atoms with E-state index in [9.17, 15) is 0 Å². The lowest BCUT2D eigenvalue weighted by Gasteiger charge is -2.38. The number of aromatic nitrogens is 1. The van der Waals surface area contributed by atoms with Crippen molar-refractivity contribution in [3.8, 4) is 0 Å². The van der Waals surface area contributed by atoms with Gasteiger partial charge in [-0.25, -0.2) is 4.98 Å². The van der Waals surface area contributed by atoms with Gasteiger partial charge in [0.15, 0.2) is 0 Å².